The molecule has 1 aromatic carbocycles. The average molecular weight is 542 g/mol. The number of methoxy groups -OCH3 is 1. The van der Waals surface area contributed by atoms with Gasteiger partial charge in [0.1, 0.15) is 5.75 Å². The van der Waals surface area contributed by atoms with Crippen LogP contribution in [0.25, 0.3) is 0 Å². The van der Waals surface area contributed by atoms with Crippen LogP contribution >= 0.6 is 24.0 Å². The van der Waals surface area contributed by atoms with Gasteiger partial charge in [-0.3, -0.25) is 9.89 Å². The second kappa shape index (κ2) is 13.2. The van der Waals surface area contributed by atoms with Crippen molar-refractivity contribution in [1.82, 2.24) is 15.5 Å². The highest BCUT2D eigenvalue weighted by atomic mass is 127. The quantitative estimate of drug-likeness (QED) is 0.297. The molecule has 2 rings (SSSR count). The van der Waals surface area contributed by atoms with Crippen molar-refractivity contribution in [2.75, 3.05) is 46.9 Å². The maximum Gasteiger partial charge on any atom is 0.401 e. The number of guanidine groups is 1. The van der Waals surface area contributed by atoms with Crippen molar-refractivity contribution in [3.05, 3.63) is 29.3 Å². The lowest BCUT2D eigenvalue weighted by Crippen LogP contribution is -2.42. The molecule has 2 N–H and O–H groups in total. The van der Waals surface area contributed by atoms with Gasteiger partial charge in [0.25, 0.3) is 0 Å². The second-order valence-corrected chi connectivity index (χ2v) is 7.60. The molecule has 1 saturated heterocycles. The molecular weight excluding hydrogens is 508 g/mol. The number of likely N-dealkylation sites (tertiary alicyclic amines) is 1. The normalized spacial score (nSPS) is 16.1. The van der Waals surface area contributed by atoms with Crippen LogP contribution in [0.4, 0.5) is 13.2 Å². The van der Waals surface area contributed by atoms with E-state index in [1.54, 1.807) is 14.2 Å². The summed E-state index contributed by atoms with van der Waals surface area (Å²) in [7, 11) is 3.41. The Balaban J connectivity index is 0.00000450. The number of nitrogens with one attached hydrogen (secondary N) is 2. The Bertz CT molecular complexity index is 662. The third-order valence-electron chi connectivity index (χ3n) is 5.36. The largest absolute Gasteiger partial charge is 0.496 e. The van der Waals surface area contributed by atoms with Crippen LogP contribution in [0.15, 0.2) is 23.2 Å². The van der Waals surface area contributed by atoms with E-state index in [9.17, 15) is 13.2 Å². The maximum absolute atomic E-state index is 12.5. The predicted octanol–water partition coefficient (Wildman–Crippen LogP) is 3.99. The van der Waals surface area contributed by atoms with Crippen molar-refractivity contribution in [3.63, 3.8) is 0 Å². The van der Waals surface area contributed by atoms with Crippen molar-refractivity contribution in [1.29, 1.82) is 0 Å². The highest BCUT2D eigenvalue weighted by Crippen LogP contribution is 2.24. The Morgan fingerprint density at radius 2 is 1.87 bits per heavy atom. The van der Waals surface area contributed by atoms with E-state index >= 15 is 0 Å². The van der Waals surface area contributed by atoms with E-state index in [4.69, 9.17) is 4.74 Å². The van der Waals surface area contributed by atoms with Crippen molar-refractivity contribution in [2.24, 2.45) is 10.9 Å². The molecule has 1 heterocycles. The van der Waals surface area contributed by atoms with Gasteiger partial charge in [0.2, 0.25) is 0 Å². The number of rotatable bonds is 8. The molecule has 172 valence electrons. The molecule has 1 aliphatic rings. The molecule has 0 bridgehead atoms. The van der Waals surface area contributed by atoms with Crippen LogP contribution in [-0.2, 0) is 6.42 Å². The van der Waals surface area contributed by atoms with Gasteiger partial charge < -0.3 is 15.4 Å². The number of hydrogen-bond acceptors (Lipinski definition) is 3. The van der Waals surface area contributed by atoms with Gasteiger partial charge in [-0.15, -0.1) is 24.0 Å². The fraction of sp³-hybridized carbons (Fsp3) is 0.667. The Kier molecular flexibility index (Phi) is 11.8. The number of ether oxygens (including phenoxy) is 1. The molecule has 0 unspecified atom stereocenters. The summed E-state index contributed by atoms with van der Waals surface area (Å²) >= 11 is 0. The van der Waals surface area contributed by atoms with Gasteiger partial charge in [-0.2, -0.15) is 13.2 Å². The van der Waals surface area contributed by atoms with E-state index in [1.165, 1.54) is 10.5 Å². The first-order valence-electron chi connectivity index (χ1n) is 10.2. The molecule has 1 aliphatic heterocycles. The van der Waals surface area contributed by atoms with Crippen LogP contribution in [0.2, 0.25) is 0 Å². The fourth-order valence-electron chi connectivity index (χ4n) is 3.65. The van der Waals surface area contributed by atoms with Gasteiger partial charge in [-0.05, 0) is 68.8 Å². The third kappa shape index (κ3) is 9.72. The second-order valence-electron chi connectivity index (χ2n) is 7.60. The minimum absolute atomic E-state index is 0. The Labute approximate surface area is 194 Å². The van der Waals surface area contributed by atoms with Gasteiger partial charge in [0.05, 0.1) is 13.7 Å². The topological polar surface area (TPSA) is 48.9 Å². The van der Waals surface area contributed by atoms with Crippen LogP contribution < -0.4 is 15.4 Å². The Morgan fingerprint density at radius 1 is 1.20 bits per heavy atom. The molecule has 1 aromatic rings. The molecule has 5 nitrogen and oxygen atoms in total. The molecule has 0 radical (unpaired) electrons. The Hall–Kier alpha value is -1.23. The van der Waals surface area contributed by atoms with E-state index in [0.717, 1.165) is 56.0 Å². The minimum atomic E-state index is -4.10. The first-order chi connectivity index (χ1) is 13.8. The molecule has 0 aliphatic carbocycles. The zero-order chi connectivity index (χ0) is 21.3. The van der Waals surface area contributed by atoms with Gasteiger partial charge in [0, 0.05) is 20.1 Å². The molecule has 30 heavy (non-hydrogen) atoms. The monoisotopic (exact) mass is 542 g/mol. The lowest BCUT2D eigenvalue weighted by molar-refractivity contribution is -0.148. The number of nitrogens with zero attached hydrogens (tertiary/aromatic N) is 2. The number of hydrogen-bond donors (Lipinski definition) is 2. The molecule has 9 heteroatoms. The van der Waals surface area contributed by atoms with Crippen LogP contribution in [0.1, 0.15) is 30.4 Å². The highest BCUT2D eigenvalue weighted by Gasteiger charge is 2.32. The van der Waals surface area contributed by atoms with Gasteiger partial charge >= 0.3 is 6.18 Å². The standard InChI is InChI=1S/C21H33F3N4O.HI/c1-16-4-5-18(14-19(16)29-3)7-11-27-20(25-2)26-10-6-17-8-12-28(13-9-17)15-21(22,23)24;/h4-5,14,17H,6-13,15H2,1-3H3,(H2,25,26,27);1H. The Morgan fingerprint density at radius 3 is 2.47 bits per heavy atom. The first kappa shape index (κ1) is 26.8. The molecule has 0 atom stereocenters. The number of alkyl halides is 3. The molecule has 0 spiro atoms. The molecular formula is C21H34F3IN4O. The van der Waals surface area contributed by atoms with E-state index in [1.807, 2.05) is 6.92 Å². The summed E-state index contributed by atoms with van der Waals surface area (Å²) in [6, 6.07) is 6.21. The number of piperidine rings is 1. The van der Waals surface area contributed by atoms with E-state index in [-0.39, 0.29) is 24.0 Å². The summed E-state index contributed by atoms with van der Waals surface area (Å²) in [5.74, 6) is 2.11. The van der Waals surface area contributed by atoms with Crippen molar-refractivity contribution >= 4 is 29.9 Å². The highest BCUT2D eigenvalue weighted by molar-refractivity contribution is 14.0. The summed E-state index contributed by atoms with van der Waals surface area (Å²) in [6.45, 7) is 3.80. The summed E-state index contributed by atoms with van der Waals surface area (Å²) in [5.41, 5.74) is 2.31. The SMILES string of the molecule is CN=C(NCCc1ccc(C)c(OC)c1)NCCC1CCN(CC(F)(F)F)CC1.I. The lowest BCUT2D eigenvalue weighted by Gasteiger charge is -2.32. The van der Waals surface area contributed by atoms with Crippen LogP contribution in [0.5, 0.6) is 5.75 Å². The number of aryl methyl sites for hydroxylation is 1. The molecule has 0 saturated carbocycles. The third-order valence-corrected chi connectivity index (χ3v) is 5.36. The number of benzene rings is 1. The minimum Gasteiger partial charge on any atom is -0.496 e. The van der Waals surface area contributed by atoms with Gasteiger partial charge in [-0.1, -0.05) is 12.1 Å². The lowest BCUT2D eigenvalue weighted by atomic mass is 9.93. The first-order valence-corrected chi connectivity index (χ1v) is 10.2. The van der Waals surface area contributed by atoms with E-state index < -0.39 is 12.7 Å². The van der Waals surface area contributed by atoms with Crippen LogP contribution in [-0.4, -0.2) is 63.9 Å². The average Bonchev–Trinajstić information content (AvgIpc) is 2.68. The van der Waals surface area contributed by atoms with E-state index in [2.05, 4.69) is 33.8 Å². The van der Waals surface area contributed by atoms with Gasteiger partial charge in [0.15, 0.2) is 5.96 Å². The van der Waals surface area contributed by atoms with Crippen LogP contribution in [0.3, 0.4) is 0 Å². The van der Waals surface area contributed by atoms with Crippen molar-refractivity contribution in [2.45, 2.75) is 38.8 Å². The predicted molar refractivity (Wildman–Crippen MR) is 126 cm³/mol. The zero-order valence-electron chi connectivity index (χ0n) is 18.0. The molecule has 1 fully saturated rings. The van der Waals surface area contributed by atoms with Crippen molar-refractivity contribution in [3.8, 4) is 5.75 Å². The summed E-state index contributed by atoms with van der Waals surface area (Å²) in [5, 5.41) is 6.61. The number of aliphatic imine (C=N–C) groups is 1. The number of halogens is 4. The summed E-state index contributed by atoms with van der Waals surface area (Å²) < 4.78 is 42.7. The van der Waals surface area contributed by atoms with Crippen LogP contribution in [0, 0.1) is 12.8 Å². The molecule has 0 amide bonds. The fourth-order valence-corrected chi connectivity index (χ4v) is 3.65. The van der Waals surface area contributed by atoms with Crippen molar-refractivity contribution < 1.29 is 17.9 Å². The molecule has 0 aromatic heterocycles. The summed E-state index contributed by atoms with van der Waals surface area (Å²) in [6.07, 6.45) is -0.668. The van der Waals surface area contributed by atoms with Gasteiger partial charge in [-0.25, -0.2) is 0 Å². The zero-order valence-corrected chi connectivity index (χ0v) is 20.3. The summed E-state index contributed by atoms with van der Waals surface area (Å²) in [4.78, 5) is 5.74. The van der Waals surface area contributed by atoms with E-state index in [0.29, 0.717) is 19.0 Å². The smallest absolute Gasteiger partial charge is 0.401 e. The maximum atomic E-state index is 12.5.